The lowest BCUT2D eigenvalue weighted by Crippen LogP contribution is -2.50. The summed E-state index contributed by atoms with van der Waals surface area (Å²) in [6, 6.07) is 5.69. The predicted molar refractivity (Wildman–Crippen MR) is 95.4 cm³/mol. The quantitative estimate of drug-likeness (QED) is 0.822. The summed E-state index contributed by atoms with van der Waals surface area (Å²) in [5, 5.41) is 0. The molecule has 0 aromatic carbocycles. The van der Waals surface area contributed by atoms with Gasteiger partial charge in [0.05, 0.1) is 23.7 Å². The number of aryl methyl sites for hydroxylation is 1. The molecule has 0 bridgehead atoms. The molecule has 1 saturated heterocycles. The Kier molecular flexibility index (Phi) is 4.66. The summed E-state index contributed by atoms with van der Waals surface area (Å²) in [4.78, 5) is 18.8. The normalized spacial score (nSPS) is 16.2. The predicted octanol–water partition coefficient (Wildman–Crippen LogP) is 1.21. The van der Waals surface area contributed by atoms with Gasteiger partial charge in [0.25, 0.3) is 5.91 Å². The third kappa shape index (κ3) is 3.45. The first kappa shape index (κ1) is 17.6. The molecule has 1 aliphatic rings. The Morgan fingerprint density at radius 2 is 1.84 bits per heavy atom. The van der Waals surface area contributed by atoms with Crippen LogP contribution in [0.2, 0.25) is 0 Å². The van der Waals surface area contributed by atoms with Crippen LogP contribution in [0.3, 0.4) is 0 Å². The van der Waals surface area contributed by atoms with Crippen LogP contribution < -0.4 is 0 Å². The molecule has 0 atom stereocenters. The van der Waals surface area contributed by atoms with Crippen LogP contribution in [0, 0.1) is 13.8 Å². The number of pyridine rings is 1. The fourth-order valence-corrected chi connectivity index (χ4v) is 4.08. The Balaban J connectivity index is 1.83. The monoisotopic (exact) mass is 362 g/mol. The number of hydrogen-bond acceptors (Lipinski definition) is 4. The third-order valence-electron chi connectivity index (χ3n) is 4.56. The molecule has 0 saturated carbocycles. The standard InChI is InChI=1S/C17H22N4O3S/c1-13-11-16(14(2)21(13)15-5-4-6-18-12-15)17(22)19-7-9-20(10-8-19)25(3,23)24/h4-6,11-12H,7-10H2,1-3H3. The summed E-state index contributed by atoms with van der Waals surface area (Å²) < 4.78 is 26.6. The van der Waals surface area contributed by atoms with Crippen LogP contribution in [0.5, 0.6) is 0 Å². The number of carbonyl (C=O) groups excluding carboxylic acids is 1. The minimum absolute atomic E-state index is 0.0589. The number of hydrogen-bond donors (Lipinski definition) is 0. The molecule has 25 heavy (non-hydrogen) atoms. The van der Waals surface area contributed by atoms with E-state index >= 15 is 0 Å². The molecule has 0 unspecified atom stereocenters. The lowest BCUT2D eigenvalue weighted by molar-refractivity contribution is 0.0697. The summed E-state index contributed by atoms with van der Waals surface area (Å²) in [5.41, 5.74) is 3.39. The molecule has 2 aromatic rings. The number of carbonyl (C=O) groups is 1. The molecule has 134 valence electrons. The zero-order chi connectivity index (χ0) is 18.2. The van der Waals surface area contributed by atoms with E-state index in [1.165, 1.54) is 10.6 Å². The van der Waals surface area contributed by atoms with E-state index in [1.807, 2.05) is 36.6 Å². The Hall–Kier alpha value is -2.19. The Morgan fingerprint density at radius 3 is 2.40 bits per heavy atom. The molecule has 3 rings (SSSR count). The van der Waals surface area contributed by atoms with Gasteiger partial charge in [-0.25, -0.2) is 8.42 Å². The lowest BCUT2D eigenvalue weighted by Gasteiger charge is -2.33. The number of sulfonamides is 1. The first-order chi connectivity index (χ1) is 11.8. The molecular weight excluding hydrogens is 340 g/mol. The van der Waals surface area contributed by atoms with Crippen LogP contribution in [0.15, 0.2) is 30.6 Å². The first-order valence-electron chi connectivity index (χ1n) is 8.13. The molecule has 3 heterocycles. The zero-order valence-electron chi connectivity index (χ0n) is 14.6. The van der Waals surface area contributed by atoms with Gasteiger partial charge >= 0.3 is 0 Å². The molecule has 0 N–H and O–H groups in total. The fraction of sp³-hybridized carbons (Fsp3) is 0.412. The highest BCUT2D eigenvalue weighted by Crippen LogP contribution is 2.22. The van der Waals surface area contributed by atoms with Crippen LogP contribution in [0.1, 0.15) is 21.7 Å². The average Bonchev–Trinajstić information content (AvgIpc) is 2.89. The molecular formula is C17H22N4O3S. The van der Waals surface area contributed by atoms with E-state index in [-0.39, 0.29) is 5.91 Å². The minimum Gasteiger partial charge on any atom is -0.336 e. The maximum atomic E-state index is 12.9. The number of piperazine rings is 1. The van der Waals surface area contributed by atoms with Gasteiger partial charge in [-0.3, -0.25) is 9.78 Å². The highest BCUT2D eigenvalue weighted by Gasteiger charge is 2.28. The van der Waals surface area contributed by atoms with Crippen molar-refractivity contribution in [2.45, 2.75) is 13.8 Å². The molecule has 0 aliphatic carbocycles. The van der Waals surface area contributed by atoms with Crippen molar-refractivity contribution in [3.8, 4) is 5.69 Å². The van der Waals surface area contributed by atoms with Gasteiger partial charge in [-0.05, 0) is 32.0 Å². The topological polar surface area (TPSA) is 75.5 Å². The van der Waals surface area contributed by atoms with Crippen LogP contribution >= 0.6 is 0 Å². The minimum atomic E-state index is -3.20. The van der Waals surface area contributed by atoms with Gasteiger partial charge in [-0.2, -0.15) is 4.31 Å². The SMILES string of the molecule is Cc1cc(C(=O)N2CCN(S(C)(=O)=O)CC2)c(C)n1-c1cccnc1. The van der Waals surface area contributed by atoms with Gasteiger partial charge < -0.3 is 9.47 Å². The zero-order valence-corrected chi connectivity index (χ0v) is 15.5. The smallest absolute Gasteiger partial charge is 0.255 e. The van der Waals surface area contributed by atoms with Crippen molar-refractivity contribution in [3.63, 3.8) is 0 Å². The summed E-state index contributed by atoms with van der Waals surface area (Å²) in [5.74, 6) is -0.0589. The van der Waals surface area contributed by atoms with Gasteiger partial charge in [0.1, 0.15) is 0 Å². The second-order valence-electron chi connectivity index (χ2n) is 6.29. The van der Waals surface area contributed by atoms with Crippen LogP contribution in [0.4, 0.5) is 0 Å². The molecule has 8 heteroatoms. The van der Waals surface area contributed by atoms with Gasteiger partial charge in [0, 0.05) is 43.8 Å². The van der Waals surface area contributed by atoms with E-state index in [4.69, 9.17) is 0 Å². The van der Waals surface area contributed by atoms with E-state index in [0.29, 0.717) is 31.7 Å². The molecule has 2 aromatic heterocycles. The summed E-state index contributed by atoms with van der Waals surface area (Å²) >= 11 is 0. The molecule has 0 radical (unpaired) electrons. The number of aromatic nitrogens is 2. The summed E-state index contributed by atoms with van der Waals surface area (Å²) in [7, 11) is -3.20. The maximum Gasteiger partial charge on any atom is 0.255 e. The van der Waals surface area contributed by atoms with Gasteiger partial charge in [-0.15, -0.1) is 0 Å². The molecule has 1 fully saturated rings. The van der Waals surface area contributed by atoms with E-state index in [1.54, 1.807) is 17.3 Å². The molecule has 0 spiro atoms. The number of nitrogens with zero attached hydrogens (tertiary/aromatic N) is 4. The average molecular weight is 362 g/mol. The largest absolute Gasteiger partial charge is 0.336 e. The third-order valence-corrected chi connectivity index (χ3v) is 5.86. The van der Waals surface area contributed by atoms with E-state index in [9.17, 15) is 13.2 Å². The van der Waals surface area contributed by atoms with Crippen molar-refractivity contribution in [1.29, 1.82) is 0 Å². The van der Waals surface area contributed by atoms with Crippen molar-refractivity contribution in [2.24, 2.45) is 0 Å². The number of amides is 1. The van der Waals surface area contributed by atoms with Crippen molar-refractivity contribution in [2.75, 3.05) is 32.4 Å². The van der Waals surface area contributed by atoms with E-state index in [2.05, 4.69) is 4.98 Å². The maximum absolute atomic E-state index is 12.9. The van der Waals surface area contributed by atoms with Gasteiger partial charge in [0.15, 0.2) is 0 Å². The van der Waals surface area contributed by atoms with E-state index in [0.717, 1.165) is 17.1 Å². The first-order valence-corrected chi connectivity index (χ1v) is 9.97. The highest BCUT2D eigenvalue weighted by atomic mass is 32.2. The molecule has 1 amide bonds. The van der Waals surface area contributed by atoms with Crippen molar-refractivity contribution < 1.29 is 13.2 Å². The lowest BCUT2D eigenvalue weighted by atomic mass is 10.2. The summed E-state index contributed by atoms with van der Waals surface area (Å²) in [6.45, 7) is 5.36. The second-order valence-corrected chi connectivity index (χ2v) is 8.27. The van der Waals surface area contributed by atoms with Crippen molar-refractivity contribution in [1.82, 2.24) is 18.8 Å². The number of rotatable bonds is 3. The fourth-order valence-electron chi connectivity index (χ4n) is 3.26. The van der Waals surface area contributed by atoms with Crippen molar-refractivity contribution in [3.05, 3.63) is 47.5 Å². The highest BCUT2D eigenvalue weighted by molar-refractivity contribution is 7.88. The Morgan fingerprint density at radius 1 is 1.16 bits per heavy atom. The van der Waals surface area contributed by atoms with Crippen molar-refractivity contribution >= 4 is 15.9 Å². The summed E-state index contributed by atoms with van der Waals surface area (Å²) in [6.07, 6.45) is 4.68. The molecule has 7 nitrogen and oxygen atoms in total. The van der Waals surface area contributed by atoms with Crippen LogP contribution in [-0.4, -0.2) is 65.5 Å². The Bertz CT molecular complexity index is 882. The van der Waals surface area contributed by atoms with Gasteiger partial charge in [-0.1, -0.05) is 0 Å². The Labute approximate surface area is 147 Å². The molecule has 1 aliphatic heterocycles. The van der Waals surface area contributed by atoms with Crippen LogP contribution in [-0.2, 0) is 10.0 Å². The second kappa shape index (κ2) is 6.61. The van der Waals surface area contributed by atoms with Crippen LogP contribution in [0.25, 0.3) is 5.69 Å². The van der Waals surface area contributed by atoms with E-state index < -0.39 is 10.0 Å². The van der Waals surface area contributed by atoms with Gasteiger partial charge in [0.2, 0.25) is 10.0 Å².